The van der Waals surface area contributed by atoms with Crippen LogP contribution in [0, 0.1) is 5.41 Å². The van der Waals surface area contributed by atoms with Crippen molar-refractivity contribution in [3.05, 3.63) is 36.6 Å². The van der Waals surface area contributed by atoms with Crippen LogP contribution in [0.15, 0.2) is 36.6 Å². The summed E-state index contributed by atoms with van der Waals surface area (Å²) in [5.74, 6) is -0.617. The third-order valence-corrected chi connectivity index (χ3v) is 5.43. The molecule has 0 aliphatic carbocycles. The number of hydrogen-bond acceptors (Lipinski definition) is 5. The van der Waals surface area contributed by atoms with E-state index in [1.807, 2.05) is 20.8 Å². The van der Waals surface area contributed by atoms with E-state index in [4.69, 9.17) is 9.47 Å². The second kappa shape index (κ2) is 8.43. The fourth-order valence-electron chi connectivity index (χ4n) is 3.97. The zero-order valence-electron chi connectivity index (χ0n) is 18.1. The van der Waals surface area contributed by atoms with Gasteiger partial charge in [-0.1, -0.05) is 19.2 Å². The number of rotatable bonds is 5. The van der Waals surface area contributed by atoms with Crippen LogP contribution in [0.2, 0.25) is 0 Å². The Balaban J connectivity index is 2.21. The highest BCUT2D eigenvalue weighted by Gasteiger charge is 2.51. The van der Waals surface area contributed by atoms with Gasteiger partial charge in [0.25, 0.3) is 0 Å². The summed E-state index contributed by atoms with van der Waals surface area (Å²) in [6.45, 7) is 15.9. The lowest BCUT2D eigenvalue weighted by molar-refractivity contribution is -0.148. The Kier molecular flexibility index (Phi) is 6.60. The molecule has 0 radical (unpaired) electrons. The Morgan fingerprint density at radius 3 is 2.24 bits per heavy atom. The number of piperidine rings is 1. The van der Waals surface area contributed by atoms with Gasteiger partial charge in [0.15, 0.2) is 0 Å². The molecule has 0 aromatic heterocycles. The summed E-state index contributed by atoms with van der Waals surface area (Å²) < 4.78 is 10.2. The van der Waals surface area contributed by atoms with E-state index in [1.165, 1.54) is 7.11 Å². The minimum Gasteiger partial charge on any atom is -0.469 e. The molecule has 0 aromatic rings. The minimum atomic E-state index is -1.04. The summed E-state index contributed by atoms with van der Waals surface area (Å²) in [6, 6.07) is -0.0939. The first-order valence-electron chi connectivity index (χ1n) is 9.86. The maximum atomic E-state index is 13.4. The van der Waals surface area contributed by atoms with Crippen LogP contribution in [0.4, 0.5) is 4.79 Å². The zero-order valence-corrected chi connectivity index (χ0v) is 18.1. The fourth-order valence-corrected chi connectivity index (χ4v) is 3.97. The number of methoxy groups -OCH3 is 1. The molecule has 7 nitrogen and oxygen atoms in total. The number of nitrogens with zero attached hydrogens (tertiary/aromatic N) is 2. The monoisotopic (exact) mass is 404 g/mol. The van der Waals surface area contributed by atoms with Crippen molar-refractivity contribution in [2.24, 2.45) is 5.41 Å². The van der Waals surface area contributed by atoms with E-state index >= 15 is 0 Å². The zero-order chi connectivity index (χ0) is 22.0. The third kappa shape index (κ3) is 4.54. The van der Waals surface area contributed by atoms with E-state index in [2.05, 4.69) is 13.2 Å². The third-order valence-electron chi connectivity index (χ3n) is 5.43. The molecule has 7 heteroatoms. The Labute approximate surface area is 173 Å². The number of likely N-dealkylation sites (tertiary alicyclic amines) is 1. The molecule has 29 heavy (non-hydrogen) atoms. The lowest BCUT2D eigenvalue weighted by Crippen LogP contribution is -2.49. The molecule has 0 spiro atoms. The van der Waals surface area contributed by atoms with Gasteiger partial charge >= 0.3 is 12.1 Å². The molecule has 1 saturated heterocycles. The van der Waals surface area contributed by atoms with Crippen molar-refractivity contribution in [3.63, 3.8) is 0 Å². The Hall–Kier alpha value is -2.57. The largest absolute Gasteiger partial charge is 0.469 e. The molecule has 2 rings (SSSR count). The summed E-state index contributed by atoms with van der Waals surface area (Å²) in [7, 11) is 1.31. The van der Waals surface area contributed by atoms with Crippen LogP contribution < -0.4 is 0 Å². The van der Waals surface area contributed by atoms with Crippen LogP contribution in [0.3, 0.4) is 0 Å². The second-order valence-electron chi connectivity index (χ2n) is 8.67. The van der Waals surface area contributed by atoms with E-state index in [0.29, 0.717) is 37.2 Å². The van der Waals surface area contributed by atoms with Gasteiger partial charge in [0.1, 0.15) is 5.60 Å². The number of carbonyl (C=O) groups excluding carboxylic acids is 3. The molecule has 0 bridgehead atoms. The number of allylic oxidation sites excluding steroid dienone is 2. The number of ether oxygens (including phenoxy) is 2. The summed E-state index contributed by atoms with van der Waals surface area (Å²) >= 11 is 0. The SMILES string of the molecule is C=CC1=C(C=C)C(C)(CC(=O)OC)C(=O)N1C1CCN(C(=O)OC(C)(C)C)CC1. The van der Waals surface area contributed by atoms with Crippen LogP contribution in [-0.4, -0.2) is 59.6 Å². The van der Waals surface area contributed by atoms with Gasteiger partial charge in [-0.15, -0.1) is 0 Å². The van der Waals surface area contributed by atoms with Gasteiger partial charge < -0.3 is 19.3 Å². The van der Waals surface area contributed by atoms with Crippen molar-refractivity contribution in [2.75, 3.05) is 20.2 Å². The van der Waals surface area contributed by atoms with Gasteiger partial charge in [-0.3, -0.25) is 9.59 Å². The molecule has 0 N–H and O–H groups in total. The average Bonchev–Trinajstić information content (AvgIpc) is 2.86. The van der Waals surface area contributed by atoms with E-state index in [9.17, 15) is 14.4 Å². The summed E-state index contributed by atoms with van der Waals surface area (Å²) in [5, 5.41) is 0. The van der Waals surface area contributed by atoms with Crippen molar-refractivity contribution in [2.45, 2.75) is 58.6 Å². The fraction of sp³-hybridized carbons (Fsp3) is 0.591. The standard InChI is InChI=1S/C22H32N2O5/c1-8-16-17(9-2)24(19(26)22(16,6)14-18(25)28-7)15-10-12-23(13-11-15)20(27)29-21(3,4)5/h8-9,15H,1-2,10-14H2,3-7H3. The first-order chi connectivity index (χ1) is 13.5. The molecule has 2 aliphatic heterocycles. The molecule has 1 fully saturated rings. The van der Waals surface area contributed by atoms with Crippen LogP contribution in [-0.2, 0) is 19.1 Å². The molecule has 160 valence electrons. The van der Waals surface area contributed by atoms with Gasteiger partial charge in [0.05, 0.1) is 18.9 Å². The molecule has 2 heterocycles. The lowest BCUT2D eigenvalue weighted by atomic mass is 9.79. The van der Waals surface area contributed by atoms with E-state index in [1.54, 1.807) is 28.9 Å². The van der Waals surface area contributed by atoms with Crippen molar-refractivity contribution in [1.82, 2.24) is 9.80 Å². The van der Waals surface area contributed by atoms with Gasteiger partial charge in [-0.2, -0.15) is 0 Å². The quantitative estimate of drug-likeness (QED) is 0.656. The summed E-state index contributed by atoms with van der Waals surface area (Å²) in [4.78, 5) is 41.1. The molecule has 2 aliphatic rings. The highest BCUT2D eigenvalue weighted by molar-refractivity contribution is 5.96. The van der Waals surface area contributed by atoms with E-state index in [-0.39, 0.29) is 24.5 Å². The number of carbonyl (C=O) groups is 3. The van der Waals surface area contributed by atoms with Gasteiger partial charge in [-0.25, -0.2) is 4.79 Å². The Morgan fingerprint density at radius 2 is 1.79 bits per heavy atom. The molecular formula is C22H32N2O5. The van der Waals surface area contributed by atoms with Crippen LogP contribution >= 0.6 is 0 Å². The highest BCUT2D eigenvalue weighted by atomic mass is 16.6. The van der Waals surface area contributed by atoms with Crippen molar-refractivity contribution in [3.8, 4) is 0 Å². The van der Waals surface area contributed by atoms with Gasteiger partial charge in [0, 0.05) is 24.8 Å². The van der Waals surface area contributed by atoms with Crippen LogP contribution in [0.5, 0.6) is 0 Å². The van der Waals surface area contributed by atoms with Crippen molar-refractivity contribution in [1.29, 1.82) is 0 Å². The molecule has 0 saturated carbocycles. The molecule has 1 atom stereocenters. The van der Waals surface area contributed by atoms with Crippen molar-refractivity contribution < 1.29 is 23.9 Å². The minimum absolute atomic E-state index is 0.0612. The molecular weight excluding hydrogens is 372 g/mol. The molecule has 1 unspecified atom stereocenters. The second-order valence-corrected chi connectivity index (χ2v) is 8.67. The molecule has 2 amide bonds. The molecule has 0 aromatic carbocycles. The van der Waals surface area contributed by atoms with Gasteiger partial charge in [0.2, 0.25) is 5.91 Å². The predicted molar refractivity (Wildman–Crippen MR) is 110 cm³/mol. The first kappa shape index (κ1) is 22.7. The van der Waals surface area contributed by atoms with E-state index < -0.39 is 17.0 Å². The maximum absolute atomic E-state index is 13.4. The maximum Gasteiger partial charge on any atom is 0.410 e. The number of hydrogen-bond donors (Lipinski definition) is 0. The Morgan fingerprint density at radius 1 is 1.21 bits per heavy atom. The average molecular weight is 405 g/mol. The smallest absolute Gasteiger partial charge is 0.410 e. The normalized spacial score (nSPS) is 23.3. The predicted octanol–water partition coefficient (Wildman–Crippen LogP) is 3.42. The van der Waals surface area contributed by atoms with Crippen LogP contribution in [0.1, 0.15) is 47.0 Å². The van der Waals surface area contributed by atoms with Crippen molar-refractivity contribution >= 4 is 18.0 Å². The topological polar surface area (TPSA) is 76.2 Å². The highest BCUT2D eigenvalue weighted by Crippen LogP contribution is 2.46. The van der Waals surface area contributed by atoms with Gasteiger partial charge in [-0.05, 0) is 52.2 Å². The summed E-state index contributed by atoms with van der Waals surface area (Å²) in [5.41, 5.74) is -0.239. The summed E-state index contributed by atoms with van der Waals surface area (Å²) in [6.07, 6.45) is 4.08. The number of esters is 1. The van der Waals surface area contributed by atoms with E-state index in [0.717, 1.165) is 0 Å². The first-order valence-corrected chi connectivity index (χ1v) is 9.86. The number of amides is 2. The van der Waals surface area contributed by atoms with Crippen LogP contribution in [0.25, 0.3) is 0 Å². The lowest BCUT2D eigenvalue weighted by Gasteiger charge is -2.38. The Bertz CT molecular complexity index is 741.